The molecule has 180 valence electrons. The van der Waals surface area contributed by atoms with Crippen LogP contribution in [0, 0.1) is 5.92 Å². The van der Waals surface area contributed by atoms with Gasteiger partial charge in [-0.05, 0) is 44.0 Å². The maximum Gasteiger partial charge on any atom is 0.338 e. The fourth-order valence-corrected chi connectivity index (χ4v) is 4.25. The maximum absolute atomic E-state index is 12.8. The van der Waals surface area contributed by atoms with E-state index in [1.54, 1.807) is 25.1 Å². The number of esters is 2. The van der Waals surface area contributed by atoms with E-state index in [9.17, 15) is 14.4 Å². The highest BCUT2D eigenvalue weighted by Gasteiger charge is 2.36. The number of carbonyl (C=O) groups is 3. The molecule has 0 saturated carbocycles. The molecule has 1 aromatic rings. The minimum atomic E-state index is -0.744. The topological polar surface area (TPSA) is 115 Å². The number of urea groups is 1. The zero-order valence-corrected chi connectivity index (χ0v) is 19.4. The molecular weight excluding hydrogens is 430 g/mol. The van der Waals surface area contributed by atoms with Gasteiger partial charge in [0.15, 0.2) is 11.5 Å². The van der Waals surface area contributed by atoms with E-state index in [0.717, 1.165) is 19.4 Å². The molecule has 0 bridgehead atoms. The summed E-state index contributed by atoms with van der Waals surface area (Å²) >= 11 is 0. The van der Waals surface area contributed by atoms with Crippen LogP contribution in [0.1, 0.15) is 31.4 Å². The van der Waals surface area contributed by atoms with Crippen LogP contribution in [0.2, 0.25) is 0 Å². The first-order valence-corrected chi connectivity index (χ1v) is 10.9. The number of ether oxygens (including phenoxy) is 4. The summed E-state index contributed by atoms with van der Waals surface area (Å²) in [4.78, 5) is 39.6. The van der Waals surface area contributed by atoms with Crippen LogP contribution in [0.15, 0.2) is 29.5 Å². The summed E-state index contributed by atoms with van der Waals surface area (Å²) in [6.45, 7) is 3.63. The number of nitrogens with one attached hydrogen (secondary N) is 2. The largest absolute Gasteiger partial charge is 0.493 e. The minimum Gasteiger partial charge on any atom is -0.493 e. The summed E-state index contributed by atoms with van der Waals surface area (Å²) in [5, 5.41) is 5.56. The van der Waals surface area contributed by atoms with E-state index in [0.29, 0.717) is 41.5 Å². The number of benzene rings is 1. The molecule has 1 aromatic carbocycles. The minimum absolute atomic E-state index is 0.220. The summed E-state index contributed by atoms with van der Waals surface area (Å²) < 4.78 is 20.9. The van der Waals surface area contributed by atoms with Crippen LogP contribution in [0.25, 0.3) is 0 Å². The Morgan fingerprint density at radius 1 is 1.15 bits per heavy atom. The van der Waals surface area contributed by atoms with Crippen molar-refractivity contribution >= 4 is 18.0 Å². The van der Waals surface area contributed by atoms with Crippen molar-refractivity contribution in [3.63, 3.8) is 0 Å². The third-order valence-corrected chi connectivity index (χ3v) is 5.81. The molecule has 2 aliphatic heterocycles. The van der Waals surface area contributed by atoms with E-state index >= 15 is 0 Å². The van der Waals surface area contributed by atoms with E-state index in [4.69, 9.17) is 18.9 Å². The Morgan fingerprint density at radius 2 is 1.91 bits per heavy atom. The number of piperidine rings is 1. The Labute approximate surface area is 193 Å². The van der Waals surface area contributed by atoms with Gasteiger partial charge < -0.3 is 29.6 Å². The average molecular weight is 462 g/mol. The maximum atomic E-state index is 12.8. The molecule has 2 N–H and O–H groups in total. The lowest BCUT2D eigenvalue weighted by Gasteiger charge is -2.35. The molecule has 2 aliphatic rings. The Balaban J connectivity index is 1.93. The summed E-state index contributed by atoms with van der Waals surface area (Å²) in [6.07, 6.45) is 1.57. The van der Waals surface area contributed by atoms with Gasteiger partial charge in [-0.15, -0.1) is 0 Å². The first-order valence-electron chi connectivity index (χ1n) is 10.9. The van der Waals surface area contributed by atoms with E-state index < -0.39 is 18.0 Å². The number of carbonyl (C=O) groups excluding carboxylic acids is 3. The molecular formula is C23H31N3O7. The lowest BCUT2D eigenvalue weighted by atomic mass is 9.93. The van der Waals surface area contributed by atoms with Gasteiger partial charge in [0.1, 0.15) is 0 Å². The number of amides is 2. The molecule has 10 heteroatoms. The van der Waals surface area contributed by atoms with E-state index in [1.807, 2.05) is 4.90 Å². The fourth-order valence-electron chi connectivity index (χ4n) is 4.25. The Kier molecular flexibility index (Phi) is 8.16. The van der Waals surface area contributed by atoms with E-state index in [-0.39, 0.29) is 18.4 Å². The van der Waals surface area contributed by atoms with Gasteiger partial charge in [0.2, 0.25) is 0 Å². The third-order valence-electron chi connectivity index (χ3n) is 5.81. The van der Waals surface area contributed by atoms with Crippen LogP contribution >= 0.6 is 0 Å². The number of nitrogens with zero attached hydrogens (tertiary/aromatic N) is 1. The highest BCUT2D eigenvalue weighted by Crippen LogP contribution is 2.34. The summed E-state index contributed by atoms with van der Waals surface area (Å²) in [5.74, 6) is -0.0105. The summed E-state index contributed by atoms with van der Waals surface area (Å²) in [7, 11) is 4.35. The highest BCUT2D eigenvalue weighted by molar-refractivity contribution is 5.95. The van der Waals surface area contributed by atoms with Gasteiger partial charge >= 0.3 is 18.0 Å². The molecule has 2 amide bonds. The molecule has 2 atom stereocenters. The van der Waals surface area contributed by atoms with Crippen LogP contribution < -0.4 is 20.1 Å². The lowest BCUT2D eigenvalue weighted by Crippen LogP contribution is -2.49. The van der Waals surface area contributed by atoms with Crippen molar-refractivity contribution < 1.29 is 33.3 Å². The first kappa shape index (κ1) is 24.4. The predicted molar refractivity (Wildman–Crippen MR) is 119 cm³/mol. The van der Waals surface area contributed by atoms with E-state index in [2.05, 4.69) is 10.6 Å². The fraction of sp³-hybridized carbons (Fsp3) is 0.522. The van der Waals surface area contributed by atoms with Gasteiger partial charge in [-0.2, -0.15) is 0 Å². The van der Waals surface area contributed by atoms with Gasteiger partial charge in [0.25, 0.3) is 0 Å². The van der Waals surface area contributed by atoms with Crippen molar-refractivity contribution in [3.05, 3.63) is 35.0 Å². The first-order chi connectivity index (χ1) is 15.9. The molecule has 0 radical (unpaired) electrons. The molecule has 0 aromatic heterocycles. The number of hydrogen-bond acceptors (Lipinski definition) is 8. The van der Waals surface area contributed by atoms with Crippen molar-refractivity contribution in [2.75, 3.05) is 47.6 Å². The Hall–Kier alpha value is -3.27. The quantitative estimate of drug-likeness (QED) is 0.563. The van der Waals surface area contributed by atoms with Crippen molar-refractivity contribution in [3.8, 4) is 11.5 Å². The van der Waals surface area contributed by atoms with Crippen LogP contribution in [0.3, 0.4) is 0 Å². The monoisotopic (exact) mass is 461 g/mol. The third kappa shape index (κ3) is 5.57. The zero-order valence-electron chi connectivity index (χ0n) is 19.4. The number of methoxy groups -OCH3 is 3. The van der Waals surface area contributed by atoms with Crippen LogP contribution in [0.5, 0.6) is 11.5 Å². The molecule has 0 aliphatic carbocycles. The predicted octanol–water partition coefficient (Wildman–Crippen LogP) is 1.76. The molecule has 10 nitrogen and oxygen atoms in total. The molecule has 33 heavy (non-hydrogen) atoms. The van der Waals surface area contributed by atoms with Crippen molar-refractivity contribution in [2.45, 2.75) is 25.8 Å². The molecule has 2 heterocycles. The molecule has 1 saturated heterocycles. The van der Waals surface area contributed by atoms with Crippen LogP contribution in [-0.2, 0) is 19.1 Å². The SMILES string of the molecule is CCOC(=O)C1CCCN(CC2=C(C(=O)OC)C(c3ccc(OC)c(OC)c3)NC(=O)N2)C1. The Bertz CT molecular complexity index is 931. The van der Waals surface area contributed by atoms with Gasteiger partial charge in [-0.25, -0.2) is 9.59 Å². The van der Waals surface area contributed by atoms with Crippen molar-refractivity contribution in [1.82, 2.24) is 15.5 Å². The molecule has 3 rings (SSSR count). The zero-order chi connectivity index (χ0) is 24.0. The molecule has 1 fully saturated rings. The average Bonchev–Trinajstić information content (AvgIpc) is 2.83. The van der Waals surface area contributed by atoms with Gasteiger partial charge in [0.05, 0.1) is 45.5 Å². The molecule has 2 unspecified atom stereocenters. The van der Waals surface area contributed by atoms with Crippen LogP contribution in [-0.4, -0.2) is 70.4 Å². The van der Waals surface area contributed by atoms with Gasteiger partial charge in [0, 0.05) is 18.8 Å². The summed E-state index contributed by atoms with van der Waals surface area (Å²) in [5.41, 5.74) is 1.38. The Morgan fingerprint density at radius 3 is 2.58 bits per heavy atom. The van der Waals surface area contributed by atoms with Crippen LogP contribution in [0.4, 0.5) is 4.79 Å². The second-order valence-corrected chi connectivity index (χ2v) is 7.86. The normalized spacial score (nSPS) is 21.0. The summed E-state index contributed by atoms with van der Waals surface area (Å²) in [6, 6.07) is 4.01. The second-order valence-electron chi connectivity index (χ2n) is 7.86. The highest BCUT2D eigenvalue weighted by atomic mass is 16.5. The smallest absolute Gasteiger partial charge is 0.338 e. The molecule has 0 spiro atoms. The van der Waals surface area contributed by atoms with Gasteiger partial charge in [-0.1, -0.05) is 6.07 Å². The van der Waals surface area contributed by atoms with Crippen molar-refractivity contribution in [2.24, 2.45) is 5.92 Å². The van der Waals surface area contributed by atoms with Crippen molar-refractivity contribution in [1.29, 1.82) is 0 Å². The number of likely N-dealkylation sites (tertiary alicyclic amines) is 1. The number of rotatable bonds is 8. The van der Waals surface area contributed by atoms with E-state index in [1.165, 1.54) is 21.3 Å². The second kappa shape index (κ2) is 11.0. The lowest BCUT2D eigenvalue weighted by molar-refractivity contribution is -0.150. The van der Waals surface area contributed by atoms with Gasteiger partial charge in [-0.3, -0.25) is 9.69 Å². The number of hydrogen-bond donors (Lipinski definition) is 2. The standard InChI is InChI=1S/C23H31N3O7/c1-5-33-21(27)15-7-6-10-26(12-15)13-16-19(22(28)32-4)20(25-23(29)24-16)14-8-9-17(30-2)18(11-14)31-3/h8-9,11,15,20H,5-7,10,12-13H2,1-4H3,(H2,24,25,29).